The van der Waals surface area contributed by atoms with E-state index in [0.717, 1.165) is 19.6 Å². The summed E-state index contributed by atoms with van der Waals surface area (Å²) in [5, 5.41) is 0.713. The highest BCUT2D eigenvalue weighted by Gasteiger charge is 2.23. The number of thioether (sulfide) groups is 1. The molecule has 0 aromatic heterocycles. The van der Waals surface area contributed by atoms with Crippen LogP contribution >= 0.6 is 11.8 Å². The summed E-state index contributed by atoms with van der Waals surface area (Å²) in [5.74, 6) is 0.526. The zero-order valence-electron chi connectivity index (χ0n) is 7.00. The van der Waals surface area contributed by atoms with Crippen LogP contribution in [0.25, 0.3) is 0 Å². The largest absolute Gasteiger partial charge is 0.381 e. The maximum atomic E-state index is 10.8. The van der Waals surface area contributed by atoms with Gasteiger partial charge in [-0.1, -0.05) is 18.7 Å². The van der Waals surface area contributed by atoms with Gasteiger partial charge in [0.2, 0.25) is 0 Å². The second-order valence-corrected chi connectivity index (χ2v) is 4.40. The lowest BCUT2D eigenvalue weighted by Crippen LogP contribution is -2.28. The van der Waals surface area contributed by atoms with E-state index in [4.69, 9.17) is 4.74 Å². The molecule has 1 aliphatic heterocycles. The fraction of sp³-hybridized carbons (Fsp3) is 0.875. The maximum Gasteiger partial charge on any atom is 0.186 e. The van der Waals surface area contributed by atoms with Gasteiger partial charge in [-0.25, -0.2) is 0 Å². The van der Waals surface area contributed by atoms with Gasteiger partial charge in [-0.05, 0) is 12.3 Å². The third kappa shape index (κ3) is 2.83. The normalized spacial score (nSPS) is 31.8. The van der Waals surface area contributed by atoms with E-state index in [0.29, 0.717) is 11.2 Å². The Labute approximate surface area is 71.7 Å². The highest BCUT2D eigenvalue weighted by molar-refractivity contribution is 8.14. The molecule has 0 N–H and O–H groups in total. The molecule has 0 aromatic rings. The fourth-order valence-electron chi connectivity index (χ4n) is 1.25. The minimum atomic E-state index is 0.226. The third-order valence-corrected chi connectivity index (χ3v) is 3.21. The molecule has 0 bridgehead atoms. The molecular formula is C8H14O2S. The van der Waals surface area contributed by atoms with Gasteiger partial charge in [-0.15, -0.1) is 0 Å². The molecule has 1 heterocycles. The molecule has 0 aromatic carbocycles. The average Bonchev–Trinajstić information content (AvgIpc) is 1.93. The molecule has 1 saturated heterocycles. The average molecular weight is 174 g/mol. The van der Waals surface area contributed by atoms with E-state index >= 15 is 0 Å². The summed E-state index contributed by atoms with van der Waals surface area (Å²) >= 11 is 1.46. The summed E-state index contributed by atoms with van der Waals surface area (Å²) in [7, 11) is 0. The van der Waals surface area contributed by atoms with Gasteiger partial charge in [0, 0.05) is 18.8 Å². The highest BCUT2D eigenvalue weighted by Crippen LogP contribution is 2.26. The first-order valence-electron chi connectivity index (χ1n) is 3.95. The Kier molecular flexibility index (Phi) is 3.40. The van der Waals surface area contributed by atoms with Crippen molar-refractivity contribution in [2.24, 2.45) is 5.92 Å². The van der Waals surface area contributed by atoms with Gasteiger partial charge in [0.15, 0.2) is 5.12 Å². The molecule has 0 radical (unpaired) electrons. The summed E-state index contributed by atoms with van der Waals surface area (Å²) in [6.45, 7) is 5.40. The van der Waals surface area contributed by atoms with E-state index in [9.17, 15) is 4.79 Å². The smallest absolute Gasteiger partial charge is 0.186 e. The van der Waals surface area contributed by atoms with Gasteiger partial charge >= 0.3 is 0 Å². The van der Waals surface area contributed by atoms with Crippen molar-refractivity contribution in [3.63, 3.8) is 0 Å². The summed E-state index contributed by atoms with van der Waals surface area (Å²) in [4.78, 5) is 10.8. The molecule has 1 rings (SSSR count). The quantitative estimate of drug-likeness (QED) is 0.605. The first kappa shape index (κ1) is 9.07. The van der Waals surface area contributed by atoms with Crippen molar-refractivity contribution < 1.29 is 9.53 Å². The number of rotatable bonds is 1. The minimum absolute atomic E-state index is 0.226. The van der Waals surface area contributed by atoms with Gasteiger partial charge in [0.1, 0.15) is 0 Å². The molecule has 2 nitrogen and oxygen atoms in total. The number of carbonyl (C=O) groups is 1. The molecule has 64 valence electrons. The van der Waals surface area contributed by atoms with E-state index < -0.39 is 0 Å². The Morgan fingerprint density at radius 2 is 2.36 bits per heavy atom. The molecule has 1 aliphatic rings. The predicted molar refractivity (Wildman–Crippen MR) is 46.7 cm³/mol. The second-order valence-electron chi connectivity index (χ2n) is 2.99. The Morgan fingerprint density at radius 3 is 2.91 bits per heavy atom. The van der Waals surface area contributed by atoms with Crippen molar-refractivity contribution in [2.75, 3.05) is 13.2 Å². The van der Waals surface area contributed by atoms with Crippen molar-refractivity contribution in [1.29, 1.82) is 0 Å². The van der Waals surface area contributed by atoms with Gasteiger partial charge < -0.3 is 4.74 Å². The second kappa shape index (κ2) is 4.12. The van der Waals surface area contributed by atoms with Crippen LogP contribution in [-0.4, -0.2) is 23.6 Å². The Hall–Kier alpha value is -0.0200. The molecule has 0 amide bonds. The Balaban J connectivity index is 2.35. The van der Waals surface area contributed by atoms with E-state index in [2.05, 4.69) is 6.92 Å². The minimum Gasteiger partial charge on any atom is -0.381 e. The Bertz CT molecular complexity index is 147. The summed E-state index contributed by atoms with van der Waals surface area (Å²) in [6.07, 6.45) is 1.02. The van der Waals surface area contributed by atoms with E-state index in [1.54, 1.807) is 6.92 Å². The summed E-state index contributed by atoms with van der Waals surface area (Å²) < 4.78 is 5.27. The molecule has 0 saturated carbocycles. The van der Waals surface area contributed by atoms with Crippen LogP contribution in [-0.2, 0) is 9.53 Å². The van der Waals surface area contributed by atoms with Crippen LogP contribution in [0.5, 0.6) is 0 Å². The van der Waals surface area contributed by atoms with E-state index in [1.165, 1.54) is 11.8 Å². The van der Waals surface area contributed by atoms with Crippen LogP contribution < -0.4 is 0 Å². The molecule has 1 fully saturated rings. The van der Waals surface area contributed by atoms with Crippen LogP contribution in [0.3, 0.4) is 0 Å². The van der Waals surface area contributed by atoms with Crippen molar-refractivity contribution in [2.45, 2.75) is 25.5 Å². The standard InChI is InChI=1S/C8H14O2S/c1-6-5-10-4-3-8(6)11-7(2)9/h6,8H,3-5H2,1-2H3. The SMILES string of the molecule is CC(=O)SC1CCOCC1C. The zero-order valence-corrected chi connectivity index (χ0v) is 7.82. The van der Waals surface area contributed by atoms with Gasteiger partial charge in [0.25, 0.3) is 0 Å². The third-order valence-electron chi connectivity index (χ3n) is 1.88. The fourth-order valence-corrected chi connectivity index (χ4v) is 2.20. The van der Waals surface area contributed by atoms with Crippen molar-refractivity contribution in [1.82, 2.24) is 0 Å². The highest BCUT2D eigenvalue weighted by atomic mass is 32.2. The molecular weight excluding hydrogens is 160 g/mol. The Morgan fingerprint density at radius 1 is 1.64 bits per heavy atom. The lowest BCUT2D eigenvalue weighted by molar-refractivity contribution is -0.109. The van der Waals surface area contributed by atoms with Gasteiger partial charge in [0.05, 0.1) is 6.61 Å². The number of hydrogen-bond donors (Lipinski definition) is 0. The van der Waals surface area contributed by atoms with Crippen LogP contribution in [0.2, 0.25) is 0 Å². The molecule has 11 heavy (non-hydrogen) atoms. The van der Waals surface area contributed by atoms with Crippen molar-refractivity contribution >= 4 is 16.9 Å². The molecule has 3 heteroatoms. The summed E-state index contributed by atoms with van der Waals surface area (Å²) in [6, 6.07) is 0. The lowest BCUT2D eigenvalue weighted by Gasteiger charge is -2.27. The number of carbonyl (C=O) groups excluding carboxylic acids is 1. The molecule has 0 spiro atoms. The van der Waals surface area contributed by atoms with Crippen LogP contribution in [0, 0.1) is 5.92 Å². The van der Waals surface area contributed by atoms with Crippen LogP contribution in [0.4, 0.5) is 0 Å². The first-order chi connectivity index (χ1) is 5.20. The zero-order chi connectivity index (χ0) is 8.27. The van der Waals surface area contributed by atoms with Crippen molar-refractivity contribution in [3.8, 4) is 0 Å². The lowest BCUT2D eigenvalue weighted by atomic mass is 10.0. The molecule has 0 aliphatic carbocycles. The number of ether oxygens (including phenoxy) is 1. The summed E-state index contributed by atoms with van der Waals surface area (Å²) in [5.41, 5.74) is 0. The first-order valence-corrected chi connectivity index (χ1v) is 4.83. The maximum absolute atomic E-state index is 10.8. The van der Waals surface area contributed by atoms with Crippen LogP contribution in [0.1, 0.15) is 20.3 Å². The number of hydrogen-bond acceptors (Lipinski definition) is 3. The van der Waals surface area contributed by atoms with Gasteiger partial charge in [-0.3, -0.25) is 4.79 Å². The van der Waals surface area contributed by atoms with E-state index in [-0.39, 0.29) is 5.12 Å². The van der Waals surface area contributed by atoms with Crippen molar-refractivity contribution in [3.05, 3.63) is 0 Å². The molecule has 2 unspecified atom stereocenters. The topological polar surface area (TPSA) is 26.3 Å². The monoisotopic (exact) mass is 174 g/mol. The van der Waals surface area contributed by atoms with E-state index in [1.807, 2.05) is 0 Å². The molecule has 2 atom stereocenters. The van der Waals surface area contributed by atoms with Crippen LogP contribution in [0.15, 0.2) is 0 Å². The predicted octanol–water partition coefficient (Wildman–Crippen LogP) is 1.69. The van der Waals surface area contributed by atoms with Gasteiger partial charge in [-0.2, -0.15) is 0 Å².